The molecule has 218 valence electrons. The fraction of sp³-hybridized carbons (Fsp3) is 0.500. The Morgan fingerprint density at radius 2 is 2.03 bits per heavy atom. The van der Waals surface area contributed by atoms with Crippen molar-refractivity contribution in [2.75, 3.05) is 6.54 Å². The number of nitrogens with two attached hydrogens (primary N) is 2. The van der Waals surface area contributed by atoms with Gasteiger partial charge in [0.2, 0.25) is 0 Å². The third-order valence-electron chi connectivity index (χ3n) is 7.12. The van der Waals surface area contributed by atoms with Crippen LogP contribution >= 0.6 is 0 Å². The Morgan fingerprint density at radius 3 is 2.46 bits per heavy atom. The summed E-state index contributed by atoms with van der Waals surface area (Å²) in [6, 6.07) is -1.52. The lowest BCUT2D eigenvalue weighted by Gasteiger charge is -2.41. The van der Waals surface area contributed by atoms with Crippen LogP contribution in [0.25, 0.3) is 0 Å². The molecule has 0 bridgehead atoms. The Kier molecular flexibility index (Phi) is 12.7. The van der Waals surface area contributed by atoms with Gasteiger partial charge in [0.1, 0.15) is 0 Å². The Hall–Kier alpha value is -3.33. The van der Waals surface area contributed by atoms with Crippen molar-refractivity contribution < 1.29 is 18.7 Å². The Labute approximate surface area is 232 Å². The number of carboxylic acid groups (broad SMARTS) is 1. The van der Waals surface area contributed by atoms with Crippen LogP contribution in [0.15, 0.2) is 83.8 Å². The Morgan fingerprint density at radius 1 is 1.41 bits per heavy atom. The van der Waals surface area contributed by atoms with Crippen LogP contribution in [0, 0.1) is 5.41 Å². The van der Waals surface area contributed by atoms with Gasteiger partial charge in [0.25, 0.3) is 5.92 Å². The summed E-state index contributed by atoms with van der Waals surface area (Å²) < 4.78 is 27.4. The zero-order valence-corrected chi connectivity index (χ0v) is 24.3. The maximum Gasteiger partial charge on any atom is 0.333 e. The number of nitrogens with zero attached hydrogens (tertiary/aromatic N) is 1. The van der Waals surface area contributed by atoms with Crippen molar-refractivity contribution >= 4 is 5.97 Å². The summed E-state index contributed by atoms with van der Waals surface area (Å²) in [6.07, 6.45) is 15.0. The quantitative estimate of drug-likeness (QED) is 0.237. The third-order valence-corrected chi connectivity index (χ3v) is 7.12. The number of hydrogen-bond acceptors (Lipinski definition) is 6. The topological polar surface area (TPSA) is 117 Å². The normalized spacial score (nSPS) is 20.8. The minimum absolute atomic E-state index is 0.0810. The fourth-order valence-electron chi connectivity index (χ4n) is 4.35. The molecule has 7 nitrogen and oxygen atoms in total. The van der Waals surface area contributed by atoms with Crippen molar-refractivity contribution in [1.29, 1.82) is 0 Å². The Balaban J connectivity index is 0.000000528. The van der Waals surface area contributed by atoms with Crippen LogP contribution in [0.2, 0.25) is 0 Å². The fourth-order valence-corrected chi connectivity index (χ4v) is 4.35. The highest BCUT2D eigenvalue weighted by Crippen LogP contribution is 2.43. The number of carboxylic acids is 1. The van der Waals surface area contributed by atoms with Gasteiger partial charge in [0.15, 0.2) is 0 Å². The number of halogens is 2. The van der Waals surface area contributed by atoms with Crippen molar-refractivity contribution in [3.63, 3.8) is 0 Å². The van der Waals surface area contributed by atoms with E-state index in [-0.39, 0.29) is 6.04 Å². The van der Waals surface area contributed by atoms with Gasteiger partial charge in [-0.3, -0.25) is 0 Å². The molecule has 0 aromatic heterocycles. The first-order valence-corrected chi connectivity index (χ1v) is 13.5. The van der Waals surface area contributed by atoms with E-state index in [2.05, 4.69) is 30.7 Å². The first kappa shape index (κ1) is 33.7. The second kappa shape index (κ2) is 14.7. The van der Waals surface area contributed by atoms with E-state index >= 15 is 0 Å². The molecule has 3 rings (SSSR count). The number of rotatable bonds is 9. The lowest BCUT2D eigenvalue weighted by atomic mass is 9.67. The molecule has 2 unspecified atom stereocenters. The van der Waals surface area contributed by atoms with Crippen LogP contribution in [0.5, 0.6) is 0 Å². The zero-order chi connectivity index (χ0) is 30.0. The highest BCUT2D eigenvalue weighted by atomic mass is 19.3. The summed E-state index contributed by atoms with van der Waals surface area (Å²) >= 11 is 0. The smallest absolute Gasteiger partial charge is 0.333 e. The molecule has 0 saturated heterocycles. The lowest BCUT2D eigenvalue weighted by molar-refractivity contribution is -0.133. The molecule has 0 aromatic carbocycles. The van der Waals surface area contributed by atoms with E-state index in [0.29, 0.717) is 33.8 Å². The summed E-state index contributed by atoms with van der Waals surface area (Å²) in [5.74, 6) is -3.41. The van der Waals surface area contributed by atoms with Crippen molar-refractivity contribution in [3.8, 4) is 0 Å². The molecule has 0 amide bonds. The molecule has 1 saturated carbocycles. The highest BCUT2D eigenvalue weighted by Gasteiger charge is 2.37. The average Bonchev–Trinajstić information content (AvgIpc) is 2.85. The number of dihydropyridines is 1. The van der Waals surface area contributed by atoms with Crippen molar-refractivity contribution in [2.24, 2.45) is 16.9 Å². The second-order valence-corrected chi connectivity index (χ2v) is 10.0. The van der Waals surface area contributed by atoms with E-state index in [1.54, 1.807) is 41.6 Å². The molecule has 7 N–H and O–H groups in total. The SMILES string of the molecule is C=C(/C=C(\N)NCC1(CC)CCC1)N1C=C(C)C=C(C(N)C(C)(F)F)C1=C.CC.CC1NC=CC=C1C(=O)O. The van der Waals surface area contributed by atoms with Gasteiger partial charge in [-0.15, -0.1) is 0 Å². The van der Waals surface area contributed by atoms with E-state index in [0.717, 1.165) is 25.5 Å². The molecule has 0 aromatic rings. The molecule has 3 aliphatic rings. The van der Waals surface area contributed by atoms with Crippen LogP contribution in [0.3, 0.4) is 0 Å². The molecule has 2 aliphatic heterocycles. The number of nitrogens with one attached hydrogen (secondary N) is 2. The standard InChI is InChI=1S/C21H32F2N4.C7H9NO2.C2H6/c1-6-21(8-7-9-21)13-26-18(24)11-15(3)27-12-14(2)10-17(16(27)4)19(25)20(5,22)23;1-5-6(7(9)10)3-2-4-8-5;1-2/h10-12,19,26H,3-4,6-9,13,24-25H2,1-2,5H3;2-5,8H,1H3,(H,9,10);1-2H3/b18-11+;;. The minimum Gasteiger partial charge on any atom is -0.478 e. The largest absolute Gasteiger partial charge is 0.478 e. The van der Waals surface area contributed by atoms with Crippen molar-refractivity contribution in [2.45, 2.75) is 85.2 Å². The van der Waals surface area contributed by atoms with E-state index in [4.69, 9.17) is 16.6 Å². The van der Waals surface area contributed by atoms with E-state index < -0.39 is 17.9 Å². The number of aliphatic carboxylic acids is 1. The van der Waals surface area contributed by atoms with Crippen LogP contribution in [0.4, 0.5) is 8.78 Å². The lowest BCUT2D eigenvalue weighted by Crippen LogP contribution is -2.42. The van der Waals surface area contributed by atoms with Crippen molar-refractivity contribution in [1.82, 2.24) is 15.5 Å². The molecule has 39 heavy (non-hydrogen) atoms. The maximum absolute atomic E-state index is 13.7. The van der Waals surface area contributed by atoms with Crippen LogP contribution in [-0.2, 0) is 4.79 Å². The summed E-state index contributed by atoms with van der Waals surface area (Å²) in [6.45, 7) is 19.4. The molecule has 2 heterocycles. The van der Waals surface area contributed by atoms with Gasteiger partial charge in [0, 0.05) is 37.1 Å². The van der Waals surface area contributed by atoms with Gasteiger partial charge in [-0.2, -0.15) is 0 Å². The summed E-state index contributed by atoms with van der Waals surface area (Å²) in [5.41, 5.74) is 14.6. The van der Waals surface area contributed by atoms with E-state index in [1.165, 1.54) is 19.3 Å². The Bertz CT molecular complexity index is 1040. The monoisotopic (exact) mass is 547 g/mol. The average molecular weight is 548 g/mol. The predicted octanol–water partition coefficient (Wildman–Crippen LogP) is 5.64. The number of allylic oxidation sites excluding steroid dienone is 5. The van der Waals surface area contributed by atoms with Gasteiger partial charge >= 0.3 is 5.97 Å². The first-order chi connectivity index (χ1) is 18.2. The van der Waals surface area contributed by atoms with Crippen LogP contribution in [-0.4, -0.2) is 40.5 Å². The molecule has 2 atom stereocenters. The predicted molar refractivity (Wildman–Crippen MR) is 156 cm³/mol. The molecule has 1 aliphatic carbocycles. The maximum atomic E-state index is 13.7. The molecular formula is C30H47F2N5O2. The van der Waals surface area contributed by atoms with Gasteiger partial charge in [-0.25, -0.2) is 13.6 Å². The molecule has 1 fully saturated rings. The van der Waals surface area contributed by atoms with Gasteiger partial charge in [-0.05, 0) is 68.0 Å². The first-order valence-electron chi connectivity index (χ1n) is 13.5. The number of alkyl halides is 2. The van der Waals surface area contributed by atoms with E-state index in [9.17, 15) is 13.6 Å². The number of hydrogen-bond donors (Lipinski definition) is 5. The third kappa shape index (κ3) is 9.42. The number of carbonyl (C=O) groups is 1. The van der Waals surface area contributed by atoms with Crippen LogP contribution in [0.1, 0.15) is 67.2 Å². The second-order valence-electron chi connectivity index (χ2n) is 10.0. The van der Waals surface area contributed by atoms with Crippen LogP contribution < -0.4 is 22.1 Å². The molecule has 0 spiro atoms. The minimum atomic E-state index is -3.05. The van der Waals surface area contributed by atoms with Crippen molar-refractivity contribution in [3.05, 3.63) is 83.8 Å². The summed E-state index contributed by atoms with van der Waals surface area (Å²) in [4.78, 5) is 12.1. The molecule has 0 radical (unpaired) electrons. The molecular weight excluding hydrogens is 500 g/mol. The van der Waals surface area contributed by atoms with Gasteiger partial charge < -0.3 is 32.1 Å². The summed E-state index contributed by atoms with van der Waals surface area (Å²) in [7, 11) is 0. The summed E-state index contributed by atoms with van der Waals surface area (Å²) in [5, 5.41) is 14.7. The van der Waals surface area contributed by atoms with Gasteiger partial charge in [-0.1, -0.05) is 46.4 Å². The molecule has 9 heteroatoms. The highest BCUT2D eigenvalue weighted by molar-refractivity contribution is 5.88. The van der Waals surface area contributed by atoms with E-state index in [1.807, 2.05) is 27.7 Å². The zero-order valence-electron chi connectivity index (χ0n) is 24.3. The van der Waals surface area contributed by atoms with Gasteiger partial charge in [0.05, 0.1) is 23.5 Å².